The van der Waals surface area contributed by atoms with E-state index >= 15 is 0 Å². The van der Waals surface area contributed by atoms with Crippen molar-refractivity contribution in [1.29, 1.82) is 0 Å². The average molecular weight is 391 g/mol. The van der Waals surface area contributed by atoms with E-state index in [2.05, 4.69) is 0 Å². The molecule has 7 heteroatoms. The molecule has 1 aliphatic heterocycles. The molecule has 1 aromatic rings. The van der Waals surface area contributed by atoms with E-state index in [1.54, 1.807) is 17.8 Å². The third-order valence-electron chi connectivity index (χ3n) is 3.99. The Morgan fingerprint density at radius 2 is 2.08 bits per heavy atom. The third-order valence-corrected chi connectivity index (χ3v) is 5.55. The molecule has 0 radical (unpaired) electrons. The molecular weight excluding hydrogens is 367 g/mol. The lowest BCUT2D eigenvalue weighted by Gasteiger charge is -2.32. The van der Waals surface area contributed by atoms with Crippen molar-refractivity contribution in [2.24, 2.45) is 5.73 Å². The predicted molar refractivity (Wildman–Crippen MR) is 102 cm³/mol. The molecule has 0 saturated carbocycles. The van der Waals surface area contributed by atoms with Crippen LogP contribution in [0.15, 0.2) is 18.2 Å². The first-order valence-electron chi connectivity index (χ1n) is 8.21. The minimum Gasteiger partial charge on any atom is -0.378 e. The summed E-state index contributed by atoms with van der Waals surface area (Å²) in [6.07, 6.45) is 2.97. The van der Waals surface area contributed by atoms with Crippen molar-refractivity contribution in [3.63, 3.8) is 0 Å². The number of benzene rings is 1. The predicted octanol–water partition coefficient (Wildman–Crippen LogP) is 3.58. The van der Waals surface area contributed by atoms with Gasteiger partial charge in [-0.25, -0.2) is 0 Å². The van der Waals surface area contributed by atoms with Crippen LogP contribution in [0.1, 0.15) is 24.8 Å². The van der Waals surface area contributed by atoms with Crippen molar-refractivity contribution in [2.75, 3.05) is 32.0 Å². The maximum absolute atomic E-state index is 12.3. The van der Waals surface area contributed by atoms with Gasteiger partial charge in [0.25, 0.3) is 0 Å². The Morgan fingerprint density at radius 1 is 1.33 bits per heavy atom. The summed E-state index contributed by atoms with van der Waals surface area (Å²) in [4.78, 5) is 14.2. The minimum atomic E-state index is 0.186. The van der Waals surface area contributed by atoms with Crippen LogP contribution in [0.2, 0.25) is 10.0 Å². The Labute approximate surface area is 158 Å². The number of halogens is 2. The first-order valence-corrected chi connectivity index (χ1v) is 10.1. The molecule has 0 atom stereocenters. The van der Waals surface area contributed by atoms with Gasteiger partial charge in [0.1, 0.15) is 0 Å². The van der Waals surface area contributed by atoms with Crippen LogP contribution in [0.5, 0.6) is 0 Å². The zero-order valence-electron chi connectivity index (χ0n) is 13.7. The smallest absolute Gasteiger partial charge is 0.232 e. The van der Waals surface area contributed by atoms with E-state index in [0.29, 0.717) is 34.7 Å². The fourth-order valence-corrected chi connectivity index (χ4v) is 4.07. The highest BCUT2D eigenvalue weighted by Crippen LogP contribution is 2.25. The molecule has 134 valence electrons. The fraction of sp³-hybridized carbons (Fsp3) is 0.588. The van der Waals surface area contributed by atoms with Crippen molar-refractivity contribution in [1.82, 2.24) is 4.90 Å². The van der Waals surface area contributed by atoms with E-state index in [-0.39, 0.29) is 12.0 Å². The highest BCUT2D eigenvalue weighted by atomic mass is 35.5. The maximum atomic E-state index is 12.3. The second-order valence-electron chi connectivity index (χ2n) is 5.82. The summed E-state index contributed by atoms with van der Waals surface area (Å²) in [6.45, 7) is 2.92. The lowest BCUT2D eigenvalue weighted by molar-refractivity contribution is -0.130. The molecule has 2 rings (SSSR count). The van der Waals surface area contributed by atoms with Crippen LogP contribution in [0.25, 0.3) is 0 Å². The number of ether oxygens (including phenoxy) is 1. The number of amides is 1. The van der Waals surface area contributed by atoms with Crippen molar-refractivity contribution in [2.45, 2.75) is 31.1 Å². The molecular formula is C17H24Cl2N2O2S. The topological polar surface area (TPSA) is 55.6 Å². The molecule has 1 saturated heterocycles. The minimum absolute atomic E-state index is 0.186. The van der Waals surface area contributed by atoms with Gasteiger partial charge in [-0.3, -0.25) is 4.79 Å². The molecule has 0 bridgehead atoms. The Hall–Kier alpha value is -0.460. The molecule has 4 nitrogen and oxygen atoms in total. The van der Waals surface area contributed by atoms with Gasteiger partial charge in [-0.05, 0) is 43.5 Å². The quantitative estimate of drug-likeness (QED) is 0.689. The fourth-order valence-electron chi connectivity index (χ4n) is 2.58. The molecule has 24 heavy (non-hydrogen) atoms. The molecule has 1 heterocycles. The van der Waals surface area contributed by atoms with E-state index in [0.717, 1.165) is 37.9 Å². The van der Waals surface area contributed by atoms with Gasteiger partial charge >= 0.3 is 0 Å². The number of nitrogens with zero attached hydrogens (tertiary/aromatic N) is 1. The zero-order valence-corrected chi connectivity index (χ0v) is 16.0. The summed E-state index contributed by atoms with van der Waals surface area (Å²) < 4.78 is 5.76. The van der Waals surface area contributed by atoms with Crippen molar-refractivity contribution < 1.29 is 9.53 Å². The van der Waals surface area contributed by atoms with Crippen LogP contribution in [0, 0.1) is 0 Å². The first-order chi connectivity index (χ1) is 11.6. The summed E-state index contributed by atoms with van der Waals surface area (Å²) in [5, 5.41) is 1.28. The lowest BCUT2D eigenvalue weighted by Crippen LogP contribution is -2.41. The van der Waals surface area contributed by atoms with Gasteiger partial charge in [0.2, 0.25) is 5.91 Å². The molecule has 0 aromatic heterocycles. The number of piperidine rings is 1. The maximum Gasteiger partial charge on any atom is 0.232 e. The molecule has 1 amide bonds. The number of carbonyl (C=O) groups excluding carboxylic acids is 1. The number of hydrogen-bond donors (Lipinski definition) is 1. The number of likely N-dealkylation sites (tertiary alicyclic amines) is 1. The van der Waals surface area contributed by atoms with Crippen LogP contribution in [-0.4, -0.2) is 48.9 Å². The highest BCUT2D eigenvalue weighted by Gasteiger charge is 2.22. The molecule has 0 unspecified atom stereocenters. The number of thioether (sulfide) groups is 1. The molecule has 1 aromatic carbocycles. The van der Waals surface area contributed by atoms with Crippen LogP contribution < -0.4 is 5.73 Å². The van der Waals surface area contributed by atoms with Gasteiger partial charge in [0.15, 0.2) is 0 Å². The normalized spacial score (nSPS) is 15.7. The first kappa shape index (κ1) is 19.9. The average Bonchev–Trinajstić information content (AvgIpc) is 2.57. The van der Waals surface area contributed by atoms with Crippen LogP contribution in [0.3, 0.4) is 0 Å². The van der Waals surface area contributed by atoms with Crippen LogP contribution >= 0.6 is 35.0 Å². The van der Waals surface area contributed by atoms with Crippen LogP contribution in [0.4, 0.5) is 0 Å². The van der Waals surface area contributed by atoms with E-state index in [1.807, 2.05) is 17.0 Å². The molecule has 0 aliphatic carbocycles. The van der Waals surface area contributed by atoms with E-state index in [9.17, 15) is 4.79 Å². The summed E-state index contributed by atoms with van der Waals surface area (Å²) in [6, 6.07) is 5.46. The van der Waals surface area contributed by atoms with Crippen molar-refractivity contribution in [3.8, 4) is 0 Å². The molecule has 1 fully saturated rings. The number of hydrogen-bond acceptors (Lipinski definition) is 4. The second kappa shape index (κ2) is 10.5. The Kier molecular flexibility index (Phi) is 8.70. The largest absolute Gasteiger partial charge is 0.378 e. The van der Waals surface area contributed by atoms with Gasteiger partial charge in [-0.1, -0.05) is 29.3 Å². The summed E-state index contributed by atoms with van der Waals surface area (Å²) in [5.74, 6) is 1.36. The van der Waals surface area contributed by atoms with Gasteiger partial charge < -0.3 is 15.4 Å². The van der Waals surface area contributed by atoms with E-state index in [4.69, 9.17) is 33.7 Å². The van der Waals surface area contributed by atoms with Gasteiger partial charge in [0.05, 0.1) is 11.9 Å². The third kappa shape index (κ3) is 6.45. The van der Waals surface area contributed by atoms with Gasteiger partial charge in [-0.15, -0.1) is 11.8 Å². The van der Waals surface area contributed by atoms with Crippen molar-refractivity contribution >= 4 is 40.9 Å². The van der Waals surface area contributed by atoms with Crippen molar-refractivity contribution in [3.05, 3.63) is 33.8 Å². The SMILES string of the molecule is NCCCOC1CCN(C(=O)CSCc2ccc(Cl)cc2Cl)CC1. The standard InChI is InChI=1S/C17H24Cl2N2O2S/c18-14-3-2-13(16(19)10-14)11-24-12-17(22)21-7-4-15(5-8-21)23-9-1-6-20/h2-3,10,15H,1,4-9,11-12,20H2. The van der Waals surface area contributed by atoms with Gasteiger partial charge in [-0.2, -0.15) is 0 Å². The Bertz CT molecular complexity index is 537. The number of rotatable bonds is 8. The van der Waals surface area contributed by atoms with E-state index in [1.165, 1.54) is 0 Å². The van der Waals surface area contributed by atoms with E-state index < -0.39 is 0 Å². The summed E-state index contributed by atoms with van der Waals surface area (Å²) >= 11 is 13.6. The second-order valence-corrected chi connectivity index (χ2v) is 7.65. The number of nitrogens with two attached hydrogens (primary N) is 1. The molecule has 0 spiro atoms. The lowest BCUT2D eigenvalue weighted by atomic mass is 10.1. The Morgan fingerprint density at radius 3 is 2.75 bits per heavy atom. The summed E-state index contributed by atoms with van der Waals surface area (Å²) in [7, 11) is 0. The van der Waals surface area contributed by atoms with Gasteiger partial charge in [0, 0.05) is 35.5 Å². The number of carbonyl (C=O) groups is 1. The molecule has 1 aliphatic rings. The Balaban J connectivity index is 1.66. The molecule has 2 N–H and O–H groups in total. The monoisotopic (exact) mass is 390 g/mol. The zero-order chi connectivity index (χ0) is 17.4. The highest BCUT2D eigenvalue weighted by molar-refractivity contribution is 7.99. The summed E-state index contributed by atoms with van der Waals surface area (Å²) in [5.41, 5.74) is 6.47. The van der Waals surface area contributed by atoms with Crippen LogP contribution in [-0.2, 0) is 15.3 Å².